The average molecular weight is 208 g/mol. The van der Waals surface area contributed by atoms with Crippen LogP contribution in [-0.4, -0.2) is 17.6 Å². The minimum absolute atomic E-state index is 0.186. The van der Waals surface area contributed by atoms with Crippen LogP contribution in [0.1, 0.15) is 39.0 Å². The molecule has 0 spiro atoms. The second-order valence-corrected chi connectivity index (χ2v) is 4.83. The van der Waals surface area contributed by atoms with E-state index in [4.69, 9.17) is 9.05 Å². The molecule has 4 nitrogen and oxygen atoms in total. The zero-order chi connectivity index (χ0) is 9.73. The Balaban J connectivity index is 2.45. The minimum atomic E-state index is -3.76. The highest BCUT2D eigenvalue weighted by molar-refractivity contribution is 7.47. The molecule has 0 amide bonds. The van der Waals surface area contributed by atoms with E-state index in [-0.39, 0.29) is 6.10 Å². The van der Waals surface area contributed by atoms with Crippen molar-refractivity contribution in [3.05, 3.63) is 0 Å². The Morgan fingerprint density at radius 2 is 2.00 bits per heavy atom. The maximum atomic E-state index is 11.2. The molecule has 0 aromatic carbocycles. The lowest BCUT2D eigenvalue weighted by molar-refractivity contribution is 0.101. The Hall–Kier alpha value is 0.110. The van der Waals surface area contributed by atoms with Gasteiger partial charge in [-0.1, -0.05) is 19.3 Å². The van der Waals surface area contributed by atoms with Crippen LogP contribution in [0.4, 0.5) is 0 Å². The first kappa shape index (κ1) is 11.2. The van der Waals surface area contributed by atoms with Crippen molar-refractivity contribution in [3.63, 3.8) is 0 Å². The van der Waals surface area contributed by atoms with Crippen LogP contribution in [0, 0.1) is 0 Å². The molecule has 1 aliphatic rings. The molecule has 1 rings (SSSR count). The molecule has 1 N–H and O–H groups in total. The van der Waals surface area contributed by atoms with Crippen molar-refractivity contribution in [2.45, 2.75) is 45.1 Å². The van der Waals surface area contributed by atoms with Crippen molar-refractivity contribution in [2.24, 2.45) is 0 Å². The average Bonchev–Trinajstić information content (AvgIpc) is 2.01. The molecule has 0 aliphatic carbocycles. The first-order chi connectivity index (χ1) is 6.10. The van der Waals surface area contributed by atoms with Crippen LogP contribution in [0.3, 0.4) is 0 Å². The molecular weight excluding hydrogens is 191 g/mol. The summed E-state index contributed by atoms with van der Waals surface area (Å²) in [5.41, 5.74) is 0. The zero-order valence-corrected chi connectivity index (χ0v) is 8.83. The van der Waals surface area contributed by atoms with Gasteiger partial charge in [-0.15, -0.1) is 0 Å². The third kappa shape index (κ3) is 4.77. The summed E-state index contributed by atoms with van der Waals surface area (Å²) in [5, 5.41) is 0. The smallest absolute Gasteiger partial charge is 0.302 e. The number of hydrogen-bond donors (Lipinski definition) is 1. The number of rotatable bonds is 0. The maximum Gasteiger partial charge on any atom is 0.472 e. The summed E-state index contributed by atoms with van der Waals surface area (Å²) in [5.74, 6) is 0. The van der Waals surface area contributed by atoms with Gasteiger partial charge in [0.15, 0.2) is 0 Å². The Bertz CT molecular complexity index is 195. The van der Waals surface area contributed by atoms with Crippen molar-refractivity contribution in [1.29, 1.82) is 0 Å². The van der Waals surface area contributed by atoms with Gasteiger partial charge in [0, 0.05) is 0 Å². The lowest BCUT2D eigenvalue weighted by Gasteiger charge is -2.18. The molecule has 0 bridgehead atoms. The maximum absolute atomic E-state index is 11.2. The third-order valence-electron chi connectivity index (χ3n) is 2.07. The highest BCUT2D eigenvalue weighted by atomic mass is 31.2. The predicted molar refractivity (Wildman–Crippen MR) is 49.4 cm³/mol. The molecule has 5 heteroatoms. The van der Waals surface area contributed by atoms with Crippen LogP contribution in [0.2, 0.25) is 0 Å². The van der Waals surface area contributed by atoms with E-state index in [1.165, 1.54) is 0 Å². The fourth-order valence-electron chi connectivity index (χ4n) is 1.38. The van der Waals surface area contributed by atoms with E-state index in [2.05, 4.69) is 0 Å². The lowest BCUT2D eigenvalue weighted by Crippen LogP contribution is -2.09. The van der Waals surface area contributed by atoms with E-state index in [1.807, 2.05) is 0 Å². The van der Waals surface area contributed by atoms with Gasteiger partial charge in [0.2, 0.25) is 0 Å². The van der Waals surface area contributed by atoms with E-state index < -0.39 is 7.82 Å². The zero-order valence-electron chi connectivity index (χ0n) is 7.94. The van der Waals surface area contributed by atoms with Gasteiger partial charge in [-0.05, 0) is 19.8 Å². The Kier molecular flexibility index (Phi) is 4.39. The van der Waals surface area contributed by atoms with E-state index in [1.54, 1.807) is 6.92 Å². The van der Waals surface area contributed by atoms with E-state index >= 15 is 0 Å². The first-order valence-corrected chi connectivity index (χ1v) is 6.25. The van der Waals surface area contributed by atoms with Gasteiger partial charge in [0.1, 0.15) is 0 Å². The van der Waals surface area contributed by atoms with Gasteiger partial charge < -0.3 is 4.89 Å². The fourth-order valence-corrected chi connectivity index (χ4v) is 2.36. The summed E-state index contributed by atoms with van der Waals surface area (Å²) < 4.78 is 20.9. The molecule has 0 aromatic rings. The molecular formula is C8H17O4P. The van der Waals surface area contributed by atoms with Gasteiger partial charge in [-0.2, -0.15) is 0 Å². The quantitative estimate of drug-likeness (QED) is 0.621. The Morgan fingerprint density at radius 1 is 1.31 bits per heavy atom. The molecule has 1 aliphatic heterocycles. The Labute approximate surface area is 78.9 Å². The molecule has 13 heavy (non-hydrogen) atoms. The summed E-state index contributed by atoms with van der Waals surface area (Å²) in [6, 6.07) is 0. The van der Waals surface area contributed by atoms with Gasteiger partial charge in [0.05, 0.1) is 12.7 Å². The van der Waals surface area contributed by atoms with Crippen molar-refractivity contribution >= 4 is 7.82 Å². The van der Waals surface area contributed by atoms with Crippen molar-refractivity contribution < 1.29 is 18.5 Å². The second-order valence-electron chi connectivity index (χ2n) is 3.42. The topological polar surface area (TPSA) is 55.8 Å². The van der Waals surface area contributed by atoms with Crippen molar-refractivity contribution in [2.75, 3.05) is 6.61 Å². The molecule has 1 fully saturated rings. The molecule has 0 aromatic heterocycles. The number of phosphoric acid groups is 1. The van der Waals surface area contributed by atoms with Crippen molar-refractivity contribution in [1.82, 2.24) is 0 Å². The predicted octanol–water partition coefficient (Wildman–Crippen LogP) is 2.47. The highest BCUT2D eigenvalue weighted by Gasteiger charge is 2.24. The van der Waals surface area contributed by atoms with Crippen LogP contribution < -0.4 is 0 Å². The van der Waals surface area contributed by atoms with Crippen LogP contribution in [0.25, 0.3) is 0 Å². The second kappa shape index (κ2) is 5.11. The van der Waals surface area contributed by atoms with Crippen LogP contribution in [0.5, 0.6) is 0 Å². The van der Waals surface area contributed by atoms with Crippen LogP contribution >= 0.6 is 7.82 Å². The molecule has 1 saturated heterocycles. The van der Waals surface area contributed by atoms with Crippen LogP contribution in [0.15, 0.2) is 0 Å². The van der Waals surface area contributed by atoms with E-state index in [0.717, 1.165) is 32.1 Å². The molecule has 78 valence electrons. The van der Waals surface area contributed by atoms with E-state index in [9.17, 15) is 9.46 Å². The molecule has 2 unspecified atom stereocenters. The van der Waals surface area contributed by atoms with Gasteiger partial charge in [0.25, 0.3) is 0 Å². The largest absolute Gasteiger partial charge is 0.472 e. The summed E-state index contributed by atoms with van der Waals surface area (Å²) in [6.07, 6.45) is 4.74. The van der Waals surface area contributed by atoms with Gasteiger partial charge in [-0.3, -0.25) is 9.05 Å². The minimum Gasteiger partial charge on any atom is -0.302 e. The molecule has 2 atom stereocenters. The first-order valence-electron chi connectivity index (χ1n) is 4.76. The summed E-state index contributed by atoms with van der Waals surface area (Å²) >= 11 is 0. The normalized spacial score (nSPS) is 38.5. The third-order valence-corrected chi connectivity index (χ3v) is 3.21. The summed E-state index contributed by atoms with van der Waals surface area (Å²) in [4.78, 5) is 9.18. The Morgan fingerprint density at radius 3 is 2.77 bits per heavy atom. The van der Waals surface area contributed by atoms with Gasteiger partial charge in [-0.25, -0.2) is 4.57 Å². The summed E-state index contributed by atoms with van der Waals surface area (Å²) in [6.45, 7) is 2.12. The van der Waals surface area contributed by atoms with Crippen LogP contribution in [-0.2, 0) is 13.6 Å². The molecule has 0 saturated carbocycles. The summed E-state index contributed by atoms with van der Waals surface area (Å²) in [7, 11) is -3.76. The fraction of sp³-hybridized carbons (Fsp3) is 1.00. The van der Waals surface area contributed by atoms with E-state index in [0.29, 0.717) is 6.61 Å². The highest BCUT2D eigenvalue weighted by Crippen LogP contribution is 2.45. The molecule has 1 heterocycles. The van der Waals surface area contributed by atoms with Gasteiger partial charge >= 0.3 is 7.82 Å². The SMILES string of the molecule is CC1CCCCCCOP(=O)(O)O1. The number of hydrogen-bond acceptors (Lipinski definition) is 3. The number of phosphoric ester groups is 1. The monoisotopic (exact) mass is 208 g/mol. The standard InChI is InChI=1S/C8H17O4P/c1-8-6-4-2-3-5-7-11-13(9,10)12-8/h8H,2-7H2,1H3,(H,9,10). The lowest BCUT2D eigenvalue weighted by atomic mass is 10.1. The molecule has 0 radical (unpaired) electrons. The van der Waals surface area contributed by atoms with Crippen molar-refractivity contribution in [3.8, 4) is 0 Å².